The van der Waals surface area contributed by atoms with Crippen molar-refractivity contribution in [2.45, 2.75) is 13.1 Å². The Labute approximate surface area is 156 Å². The Kier molecular flexibility index (Phi) is 5.11. The van der Waals surface area contributed by atoms with Gasteiger partial charge in [-0.05, 0) is 35.9 Å². The van der Waals surface area contributed by atoms with E-state index >= 15 is 0 Å². The van der Waals surface area contributed by atoms with Crippen LogP contribution in [0.3, 0.4) is 0 Å². The Morgan fingerprint density at radius 1 is 1.08 bits per heavy atom. The second kappa shape index (κ2) is 7.11. The lowest BCUT2D eigenvalue weighted by atomic mass is 9.99. The molecule has 3 aromatic rings. The Hall–Kier alpha value is -1.59. The first-order chi connectivity index (χ1) is 11.2. The molecule has 0 unspecified atom stereocenters. The minimum Gasteiger partial charge on any atom is -0.309 e. The zero-order chi connectivity index (χ0) is 15.8. The monoisotopic (exact) mass is 380 g/mol. The van der Waals surface area contributed by atoms with E-state index in [1.807, 2.05) is 24.3 Å². The second-order valence-corrected chi connectivity index (χ2v) is 6.27. The number of fused-ring (bicyclic) bond motifs is 1. The first-order valence-electron chi connectivity index (χ1n) is 7.40. The number of halogens is 3. The smallest absolute Gasteiger partial charge is 0.102 e. The van der Waals surface area contributed by atoms with E-state index in [-0.39, 0.29) is 12.4 Å². The molecule has 1 aliphatic rings. The maximum atomic E-state index is 6.43. The SMILES string of the molecule is Cl.Clc1ccc(-c2nn3c(c2-c2ccncc2)CNCC3)c(Cl)c1. The number of benzene rings is 1. The molecule has 4 nitrogen and oxygen atoms in total. The molecule has 4 rings (SSSR count). The van der Waals surface area contributed by atoms with E-state index < -0.39 is 0 Å². The van der Waals surface area contributed by atoms with Crippen molar-refractivity contribution in [1.29, 1.82) is 0 Å². The van der Waals surface area contributed by atoms with Gasteiger partial charge in [0.15, 0.2) is 0 Å². The predicted molar refractivity (Wildman–Crippen MR) is 99.9 cm³/mol. The average molecular weight is 382 g/mol. The van der Waals surface area contributed by atoms with Crippen molar-refractivity contribution in [1.82, 2.24) is 20.1 Å². The molecule has 0 bridgehead atoms. The molecule has 3 heterocycles. The second-order valence-electron chi connectivity index (χ2n) is 5.43. The summed E-state index contributed by atoms with van der Waals surface area (Å²) in [5.74, 6) is 0. The van der Waals surface area contributed by atoms with E-state index in [0.717, 1.165) is 42.0 Å². The number of rotatable bonds is 2. The Bertz CT molecular complexity index is 862. The van der Waals surface area contributed by atoms with Gasteiger partial charge in [-0.2, -0.15) is 5.10 Å². The highest BCUT2D eigenvalue weighted by atomic mass is 35.5. The Morgan fingerprint density at radius 3 is 2.62 bits per heavy atom. The Balaban J connectivity index is 0.00000169. The van der Waals surface area contributed by atoms with Crippen LogP contribution >= 0.6 is 35.6 Å². The maximum Gasteiger partial charge on any atom is 0.102 e. The van der Waals surface area contributed by atoms with Crippen molar-refractivity contribution < 1.29 is 0 Å². The summed E-state index contributed by atoms with van der Waals surface area (Å²) in [7, 11) is 0. The van der Waals surface area contributed by atoms with E-state index in [1.165, 1.54) is 5.69 Å². The molecular weight excluding hydrogens is 367 g/mol. The third kappa shape index (κ3) is 3.03. The van der Waals surface area contributed by atoms with Crippen LogP contribution in [0.25, 0.3) is 22.4 Å². The van der Waals surface area contributed by atoms with Crippen molar-refractivity contribution in [2.75, 3.05) is 6.54 Å². The summed E-state index contributed by atoms with van der Waals surface area (Å²) in [6.07, 6.45) is 3.59. The lowest BCUT2D eigenvalue weighted by Gasteiger charge is -2.16. The summed E-state index contributed by atoms with van der Waals surface area (Å²) in [5.41, 5.74) is 5.14. The van der Waals surface area contributed by atoms with E-state index in [9.17, 15) is 0 Å². The zero-order valence-corrected chi connectivity index (χ0v) is 15.0. The van der Waals surface area contributed by atoms with Crippen LogP contribution in [0, 0.1) is 0 Å². The lowest BCUT2D eigenvalue weighted by molar-refractivity contribution is 0.477. The summed E-state index contributed by atoms with van der Waals surface area (Å²) in [5, 5.41) is 9.45. The van der Waals surface area contributed by atoms with Gasteiger partial charge in [0.25, 0.3) is 0 Å². The van der Waals surface area contributed by atoms with E-state index in [4.69, 9.17) is 28.3 Å². The molecule has 1 aromatic carbocycles. The zero-order valence-electron chi connectivity index (χ0n) is 12.7. The van der Waals surface area contributed by atoms with Gasteiger partial charge in [0.05, 0.1) is 17.3 Å². The van der Waals surface area contributed by atoms with Crippen LogP contribution < -0.4 is 5.32 Å². The number of nitrogens with one attached hydrogen (secondary N) is 1. The molecule has 7 heteroatoms. The van der Waals surface area contributed by atoms with Crippen LogP contribution in [0.1, 0.15) is 5.69 Å². The van der Waals surface area contributed by atoms with Crippen molar-refractivity contribution in [3.05, 3.63) is 58.5 Å². The predicted octanol–water partition coefficient (Wildman–Crippen LogP) is 4.44. The molecule has 0 radical (unpaired) electrons. The van der Waals surface area contributed by atoms with Crippen LogP contribution in [0.15, 0.2) is 42.7 Å². The fourth-order valence-corrected chi connectivity index (χ4v) is 3.44. The molecule has 0 spiro atoms. The minimum atomic E-state index is 0. The molecule has 2 aromatic heterocycles. The molecule has 0 fully saturated rings. The lowest BCUT2D eigenvalue weighted by Crippen LogP contribution is -2.28. The molecule has 0 saturated carbocycles. The Morgan fingerprint density at radius 2 is 1.88 bits per heavy atom. The summed E-state index contributed by atoms with van der Waals surface area (Å²) in [4.78, 5) is 4.11. The quantitative estimate of drug-likeness (QED) is 0.713. The number of hydrogen-bond acceptors (Lipinski definition) is 3. The molecule has 124 valence electrons. The van der Waals surface area contributed by atoms with E-state index in [0.29, 0.717) is 10.0 Å². The van der Waals surface area contributed by atoms with Crippen molar-refractivity contribution >= 4 is 35.6 Å². The highest BCUT2D eigenvalue weighted by Crippen LogP contribution is 2.38. The van der Waals surface area contributed by atoms with Gasteiger partial charge < -0.3 is 5.32 Å². The van der Waals surface area contributed by atoms with Gasteiger partial charge in [-0.3, -0.25) is 9.67 Å². The van der Waals surface area contributed by atoms with Gasteiger partial charge in [-0.25, -0.2) is 0 Å². The van der Waals surface area contributed by atoms with Crippen LogP contribution in [-0.2, 0) is 13.1 Å². The number of nitrogens with zero attached hydrogens (tertiary/aromatic N) is 3. The molecule has 0 aliphatic carbocycles. The van der Waals surface area contributed by atoms with Crippen molar-refractivity contribution in [3.8, 4) is 22.4 Å². The third-order valence-electron chi connectivity index (χ3n) is 4.01. The topological polar surface area (TPSA) is 42.7 Å². The van der Waals surface area contributed by atoms with Crippen molar-refractivity contribution in [3.63, 3.8) is 0 Å². The fraction of sp³-hybridized carbons (Fsp3) is 0.176. The molecule has 1 N–H and O–H groups in total. The summed E-state index contributed by atoms with van der Waals surface area (Å²) < 4.78 is 2.06. The molecule has 0 saturated heterocycles. The number of hydrogen-bond donors (Lipinski definition) is 1. The van der Waals surface area contributed by atoms with Gasteiger partial charge in [-0.15, -0.1) is 12.4 Å². The largest absolute Gasteiger partial charge is 0.309 e. The maximum absolute atomic E-state index is 6.43. The normalized spacial score (nSPS) is 13.2. The standard InChI is InChI=1S/C17H14Cl2N4.ClH/c18-12-1-2-13(14(19)9-12)17-16(11-3-5-20-6-4-11)15-10-21-7-8-23(15)22-17;/h1-6,9,21H,7-8,10H2;1H. The molecule has 0 amide bonds. The van der Waals surface area contributed by atoms with E-state index in [1.54, 1.807) is 18.5 Å². The fourth-order valence-electron chi connectivity index (χ4n) is 2.95. The van der Waals surface area contributed by atoms with Crippen LogP contribution in [0.2, 0.25) is 10.0 Å². The van der Waals surface area contributed by atoms with Gasteiger partial charge >= 0.3 is 0 Å². The third-order valence-corrected chi connectivity index (χ3v) is 4.55. The molecular formula is C17H15Cl3N4. The first kappa shape index (κ1) is 17.2. The van der Waals surface area contributed by atoms with Gasteiger partial charge in [0.1, 0.15) is 5.69 Å². The highest BCUT2D eigenvalue weighted by molar-refractivity contribution is 6.36. The summed E-state index contributed by atoms with van der Waals surface area (Å²) in [6.45, 7) is 2.55. The van der Waals surface area contributed by atoms with Gasteiger partial charge in [-0.1, -0.05) is 23.2 Å². The number of pyridine rings is 1. The van der Waals surface area contributed by atoms with Crippen LogP contribution in [0.5, 0.6) is 0 Å². The summed E-state index contributed by atoms with van der Waals surface area (Å²) >= 11 is 12.5. The minimum absolute atomic E-state index is 0. The molecule has 0 atom stereocenters. The van der Waals surface area contributed by atoms with E-state index in [2.05, 4.69) is 15.0 Å². The van der Waals surface area contributed by atoms with Crippen LogP contribution in [-0.4, -0.2) is 21.3 Å². The van der Waals surface area contributed by atoms with Crippen molar-refractivity contribution in [2.24, 2.45) is 0 Å². The number of aromatic nitrogens is 3. The highest BCUT2D eigenvalue weighted by Gasteiger charge is 2.23. The summed E-state index contributed by atoms with van der Waals surface area (Å²) in [6, 6.07) is 9.53. The van der Waals surface area contributed by atoms with Gasteiger partial charge in [0.2, 0.25) is 0 Å². The average Bonchev–Trinajstić information content (AvgIpc) is 2.94. The molecule has 24 heavy (non-hydrogen) atoms. The first-order valence-corrected chi connectivity index (χ1v) is 8.16. The van der Waals surface area contributed by atoms with Crippen LogP contribution in [0.4, 0.5) is 0 Å². The van der Waals surface area contributed by atoms with Gasteiger partial charge in [0, 0.05) is 41.6 Å². The molecule has 1 aliphatic heterocycles.